The van der Waals surface area contributed by atoms with Crippen molar-refractivity contribution in [2.75, 3.05) is 6.26 Å². The van der Waals surface area contributed by atoms with Gasteiger partial charge >= 0.3 is 5.97 Å². The van der Waals surface area contributed by atoms with Gasteiger partial charge in [-0.1, -0.05) is 0 Å². The number of hydrogen-bond acceptors (Lipinski definition) is 9. The molecule has 182 valence electrons. The zero-order chi connectivity index (χ0) is 25.0. The lowest BCUT2D eigenvalue weighted by Gasteiger charge is -2.44. The Labute approximate surface area is 206 Å². The summed E-state index contributed by atoms with van der Waals surface area (Å²) in [7, 11) is 0. The number of rotatable bonds is 7. The first-order valence-electron chi connectivity index (χ1n) is 10.6. The molecule has 5 rings (SSSR count). The maximum atomic E-state index is 13.2. The lowest BCUT2D eigenvalue weighted by Crippen LogP contribution is -2.61. The number of aliphatic hydroxyl groups is 1. The van der Waals surface area contributed by atoms with Crippen molar-refractivity contribution in [2.45, 2.75) is 37.1 Å². The number of imidazole rings is 1. The van der Waals surface area contributed by atoms with E-state index in [1.54, 1.807) is 23.8 Å². The number of ether oxygens (including phenoxy) is 1. The monoisotopic (exact) mass is 516 g/mol. The molecule has 4 heterocycles. The van der Waals surface area contributed by atoms with Crippen molar-refractivity contribution in [2.24, 2.45) is 5.92 Å². The molecule has 1 fully saturated rings. The minimum absolute atomic E-state index is 0.0741. The van der Waals surface area contributed by atoms with E-state index >= 15 is 0 Å². The number of carbonyl (C=O) groups is 2. The van der Waals surface area contributed by atoms with E-state index in [0.29, 0.717) is 32.3 Å². The molecule has 2 aliphatic rings. The summed E-state index contributed by atoms with van der Waals surface area (Å²) in [5.74, 6) is -1.66. The van der Waals surface area contributed by atoms with Gasteiger partial charge in [0.05, 0.1) is 27.9 Å². The van der Waals surface area contributed by atoms with Crippen LogP contribution in [0.25, 0.3) is 10.4 Å². The van der Waals surface area contributed by atoms with Crippen LogP contribution in [-0.2, 0) is 32.1 Å². The molecule has 0 spiro atoms. The van der Waals surface area contributed by atoms with Crippen molar-refractivity contribution >= 4 is 50.5 Å². The molecule has 0 radical (unpaired) electrons. The van der Waals surface area contributed by atoms with Crippen LogP contribution >= 0.6 is 11.3 Å². The zero-order valence-electron chi connectivity index (χ0n) is 18.6. The Morgan fingerprint density at radius 2 is 2.11 bits per heavy atom. The minimum Gasteiger partial charge on any atom is -0.610 e. The summed E-state index contributed by atoms with van der Waals surface area (Å²) in [6.45, 7) is 1.42. The summed E-state index contributed by atoms with van der Waals surface area (Å²) in [4.78, 5) is 43.3. The number of carbonyl (C=O) groups excluding carboxylic acids is 2. The van der Waals surface area contributed by atoms with Crippen LogP contribution in [0.5, 0.6) is 0 Å². The fourth-order valence-corrected chi connectivity index (χ4v) is 6.57. The second-order valence-electron chi connectivity index (χ2n) is 8.38. The Bertz CT molecular complexity index is 1380. The Morgan fingerprint density at radius 3 is 2.74 bits per heavy atom. The average molecular weight is 517 g/mol. The van der Waals surface area contributed by atoms with Crippen molar-refractivity contribution in [3.63, 3.8) is 0 Å². The minimum atomic E-state index is -1.30. The molecule has 1 saturated heterocycles. The molecule has 2 aliphatic heterocycles. The molecular weight excluding hydrogens is 496 g/mol. The fraction of sp³-hybridized carbons (Fsp3) is 0.318. The van der Waals surface area contributed by atoms with Gasteiger partial charge in [-0.05, 0) is 31.0 Å². The lowest BCUT2D eigenvalue weighted by molar-refractivity contribution is -0.384. The second kappa shape index (κ2) is 8.75. The first-order chi connectivity index (χ1) is 16.7. The van der Waals surface area contributed by atoms with E-state index in [2.05, 4.69) is 4.98 Å². The van der Waals surface area contributed by atoms with Gasteiger partial charge in [-0.25, -0.2) is 4.79 Å². The molecule has 35 heavy (non-hydrogen) atoms. The van der Waals surface area contributed by atoms with Gasteiger partial charge in [0.15, 0.2) is 4.83 Å². The van der Waals surface area contributed by atoms with Gasteiger partial charge in [0.1, 0.15) is 24.9 Å². The van der Waals surface area contributed by atoms with E-state index in [4.69, 9.17) is 4.74 Å². The van der Waals surface area contributed by atoms with Crippen LogP contribution in [0.2, 0.25) is 0 Å². The molecular formula is C22H20N4O7S2. The predicted octanol–water partition coefficient (Wildman–Crippen LogP) is 2.11. The van der Waals surface area contributed by atoms with Crippen LogP contribution in [-0.4, -0.2) is 59.1 Å². The third-order valence-corrected chi connectivity index (χ3v) is 8.33. The largest absolute Gasteiger partial charge is 0.610 e. The SMILES string of the molecule is C[C@@H](O)[C@H]1C(=O)N2C(C(=O)OCc3ccc([N+](=O)[O-])cc3)=C(c3cn4cnc([S+](C)[O-])c4s3)C[C@H]12. The first-order valence-corrected chi connectivity index (χ1v) is 13.0. The Morgan fingerprint density at radius 1 is 1.40 bits per heavy atom. The van der Waals surface area contributed by atoms with Crippen LogP contribution in [0.3, 0.4) is 0 Å². The van der Waals surface area contributed by atoms with Gasteiger partial charge < -0.3 is 19.3 Å². The van der Waals surface area contributed by atoms with Crippen molar-refractivity contribution in [3.05, 3.63) is 63.0 Å². The summed E-state index contributed by atoms with van der Waals surface area (Å²) in [5, 5.41) is 21.4. The van der Waals surface area contributed by atoms with E-state index in [-0.39, 0.29) is 29.9 Å². The summed E-state index contributed by atoms with van der Waals surface area (Å²) < 4.78 is 19.2. The number of thiazole rings is 1. The van der Waals surface area contributed by atoms with Crippen LogP contribution in [0.15, 0.2) is 47.5 Å². The van der Waals surface area contributed by atoms with Crippen LogP contribution in [0, 0.1) is 16.0 Å². The Balaban J connectivity index is 1.46. The smallest absolute Gasteiger partial charge is 0.355 e. The number of non-ortho nitro benzene ring substituents is 1. The number of aromatic nitrogens is 2. The van der Waals surface area contributed by atoms with Crippen molar-refractivity contribution in [3.8, 4) is 0 Å². The summed E-state index contributed by atoms with van der Waals surface area (Å²) in [6.07, 6.45) is 4.36. The molecule has 0 bridgehead atoms. The topological polar surface area (TPSA) is 150 Å². The highest BCUT2D eigenvalue weighted by Crippen LogP contribution is 2.48. The molecule has 4 atom stereocenters. The van der Waals surface area contributed by atoms with Crippen LogP contribution in [0.4, 0.5) is 5.69 Å². The number of nitro benzene ring substituents is 1. The number of aliphatic hydroxyl groups excluding tert-OH is 1. The van der Waals surface area contributed by atoms with Crippen LogP contribution in [0.1, 0.15) is 23.8 Å². The van der Waals surface area contributed by atoms with Gasteiger partial charge in [0, 0.05) is 35.1 Å². The normalized spacial score (nSPS) is 21.1. The molecule has 2 aromatic heterocycles. The molecule has 1 amide bonds. The molecule has 1 unspecified atom stereocenters. The van der Waals surface area contributed by atoms with Gasteiger partial charge in [0.25, 0.3) is 10.7 Å². The van der Waals surface area contributed by atoms with Gasteiger partial charge in [-0.15, -0.1) is 11.3 Å². The number of nitro groups is 1. The van der Waals surface area contributed by atoms with E-state index in [0.717, 1.165) is 0 Å². The number of hydrogen-bond donors (Lipinski definition) is 1. The quantitative estimate of drug-likeness (QED) is 0.165. The van der Waals surface area contributed by atoms with E-state index in [1.807, 2.05) is 0 Å². The summed E-state index contributed by atoms with van der Waals surface area (Å²) >= 11 is 0.0209. The van der Waals surface area contributed by atoms with Crippen molar-refractivity contribution in [1.82, 2.24) is 14.3 Å². The summed E-state index contributed by atoms with van der Waals surface area (Å²) in [5.41, 5.74) is 1.22. The third-order valence-electron chi connectivity index (χ3n) is 6.19. The first kappa shape index (κ1) is 23.5. The molecule has 1 N–H and O–H groups in total. The fourth-order valence-electron chi connectivity index (χ4n) is 4.52. The Kier molecular flexibility index (Phi) is 5.87. The molecule has 0 saturated carbocycles. The second-order valence-corrected chi connectivity index (χ2v) is 10.7. The standard InChI is InChI=1S/C22H20N4O7S2/c1-11(27)17-15-7-14(16-8-24-10-23-19(35(2)32)21(24)34-16)18(25(15)20(17)28)22(29)33-9-12-3-5-13(6-4-12)26(30)31/h3-6,8,10-11,15,17,27H,7,9H2,1-2H3/t11-,15-,17-,35?/m1/s1. The van der Waals surface area contributed by atoms with Crippen molar-refractivity contribution < 1.29 is 28.9 Å². The van der Waals surface area contributed by atoms with E-state index in [9.17, 15) is 29.4 Å². The summed E-state index contributed by atoms with van der Waals surface area (Å²) in [6, 6.07) is 5.28. The van der Waals surface area contributed by atoms with Gasteiger partial charge in [-0.2, -0.15) is 4.98 Å². The molecule has 11 nitrogen and oxygen atoms in total. The predicted molar refractivity (Wildman–Crippen MR) is 126 cm³/mol. The van der Waals surface area contributed by atoms with Crippen molar-refractivity contribution in [1.29, 1.82) is 0 Å². The number of benzene rings is 1. The van der Waals surface area contributed by atoms with E-state index in [1.165, 1.54) is 46.8 Å². The number of fused-ring (bicyclic) bond motifs is 2. The highest BCUT2D eigenvalue weighted by atomic mass is 32.2. The third kappa shape index (κ3) is 3.89. The molecule has 3 aromatic rings. The maximum Gasteiger partial charge on any atom is 0.355 e. The van der Waals surface area contributed by atoms with Gasteiger partial charge in [-0.3, -0.25) is 19.3 Å². The molecule has 1 aromatic carbocycles. The highest BCUT2D eigenvalue weighted by molar-refractivity contribution is 7.91. The number of amides is 1. The van der Waals surface area contributed by atoms with Gasteiger partial charge in [0.2, 0.25) is 5.91 Å². The maximum absolute atomic E-state index is 13.2. The number of nitrogens with zero attached hydrogens (tertiary/aromatic N) is 4. The Hall–Kier alpha value is -3.26. The van der Waals surface area contributed by atoms with E-state index < -0.39 is 34.1 Å². The zero-order valence-corrected chi connectivity index (χ0v) is 20.2. The molecule has 13 heteroatoms. The average Bonchev–Trinajstić information content (AvgIpc) is 3.48. The van der Waals surface area contributed by atoms with Crippen LogP contribution < -0.4 is 0 Å². The molecule has 0 aliphatic carbocycles. The number of β-lactam (4-membered cyclic amide) rings is 1. The number of esters is 1. The highest BCUT2D eigenvalue weighted by Gasteiger charge is 2.57. The lowest BCUT2D eigenvalue weighted by atomic mass is 9.83.